The topological polar surface area (TPSA) is 67.8 Å². The predicted molar refractivity (Wildman–Crippen MR) is 126 cm³/mol. The van der Waals surface area contributed by atoms with Crippen molar-refractivity contribution in [2.75, 3.05) is 13.2 Å². The summed E-state index contributed by atoms with van der Waals surface area (Å²) in [6.45, 7) is 13.6. The molecular weight excluding hydrogens is 421 g/mol. The number of fused-ring (bicyclic) bond motifs is 2. The third-order valence-electron chi connectivity index (χ3n) is 6.83. The second kappa shape index (κ2) is 8.73. The summed E-state index contributed by atoms with van der Waals surface area (Å²) in [6.07, 6.45) is 1.24. The summed E-state index contributed by atoms with van der Waals surface area (Å²) >= 11 is 0. The average molecular weight is 456 g/mol. The highest BCUT2D eigenvalue weighted by molar-refractivity contribution is 5.85. The Morgan fingerprint density at radius 2 is 1.85 bits per heavy atom. The Labute approximate surface area is 195 Å². The van der Waals surface area contributed by atoms with E-state index < -0.39 is 23.5 Å². The first-order valence-electron chi connectivity index (χ1n) is 11.7. The van der Waals surface area contributed by atoms with Gasteiger partial charge in [-0.3, -0.25) is 0 Å². The van der Waals surface area contributed by atoms with Crippen molar-refractivity contribution in [2.45, 2.75) is 79.1 Å². The molecule has 0 saturated heterocycles. The van der Waals surface area contributed by atoms with Crippen LogP contribution in [0.25, 0.3) is 11.1 Å². The summed E-state index contributed by atoms with van der Waals surface area (Å²) in [5.41, 5.74) is 7.55. The van der Waals surface area contributed by atoms with Gasteiger partial charge in [-0.25, -0.2) is 9.18 Å². The van der Waals surface area contributed by atoms with Crippen molar-refractivity contribution in [3.63, 3.8) is 0 Å². The maximum atomic E-state index is 15.2. The van der Waals surface area contributed by atoms with E-state index in [0.29, 0.717) is 24.5 Å². The summed E-state index contributed by atoms with van der Waals surface area (Å²) in [7, 11) is 0. The van der Waals surface area contributed by atoms with Gasteiger partial charge in [0.2, 0.25) is 0 Å². The van der Waals surface area contributed by atoms with E-state index in [9.17, 15) is 9.90 Å². The fourth-order valence-electron chi connectivity index (χ4n) is 5.34. The molecule has 0 amide bonds. The SMILES string of the molecule is Cc1c(-c2c(C)c3c(c(C)c2C(OC(C)(C)C)C(=O)O)CCNC3)cc(F)c2c1CCCO2. The lowest BCUT2D eigenvalue weighted by molar-refractivity contribution is -0.160. The van der Waals surface area contributed by atoms with Crippen LogP contribution in [-0.4, -0.2) is 29.8 Å². The number of nitrogens with one attached hydrogen (secondary N) is 1. The Bertz CT molecular complexity index is 1120. The Balaban J connectivity index is 2.07. The zero-order valence-electron chi connectivity index (χ0n) is 20.4. The standard InChI is InChI=1S/C27H34FNO4/c1-14-18-8-7-11-32-24(18)21(28)12-19(14)22-16(3)20-13-29-10-9-17(20)15(2)23(22)25(26(30)31)33-27(4,5)6/h12,25,29H,7-11,13H2,1-6H3,(H,30,31). The second-order valence-corrected chi connectivity index (χ2v) is 10.2. The number of ether oxygens (including phenoxy) is 2. The molecule has 6 heteroatoms. The first-order valence-corrected chi connectivity index (χ1v) is 11.7. The van der Waals surface area contributed by atoms with Gasteiger partial charge in [0.05, 0.1) is 12.2 Å². The van der Waals surface area contributed by atoms with Crippen molar-refractivity contribution in [1.29, 1.82) is 0 Å². The number of rotatable bonds is 4. The molecule has 0 fully saturated rings. The van der Waals surface area contributed by atoms with E-state index >= 15 is 4.39 Å². The first-order chi connectivity index (χ1) is 15.5. The monoisotopic (exact) mass is 455 g/mol. The molecule has 0 spiro atoms. The molecular formula is C27H34FNO4. The van der Waals surface area contributed by atoms with E-state index in [1.54, 1.807) is 0 Å². The van der Waals surface area contributed by atoms with Crippen LogP contribution in [-0.2, 0) is 28.9 Å². The molecule has 178 valence electrons. The molecule has 2 aliphatic heterocycles. The lowest BCUT2D eigenvalue weighted by Crippen LogP contribution is -2.31. The van der Waals surface area contributed by atoms with Gasteiger partial charge >= 0.3 is 5.97 Å². The number of carboxylic acid groups (broad SMARTS) is 1. The Morgan fingerprint density at radius 3 is 2.52 bits per heavy atom. The number of carboxylic acids is 1. The van der Waals surface area contributed by atoms with Crippen LogP contribution in [0.5, 0.6) is 5.75 Å². The van der Waals surface area contributed by atoms with Crippen molar-refractivity contribution >= 4 is 5.97 Å². The van der Waals surface area contributed by atoms with E-state index in [-0.39, 0.29) is 0 Å². The van der Waals surface area contributed by atoms with Gasteiger partial charge in [0, 0.05) is 17.7 Å². The highest BCUT2D eigenvalue weighted by Gasteiger charge is 2.35. The average Bonchev–Trinajstić information content (AvgIpc) is 2.77. The van der Waals surface area contributed by atoms with E-state index in [2.05, 4.69) is 5.32 Å². The first kappa shape index (κ1) is 23.7. The molecule has 2 heterocycles. The van der Waals surface area contributed by atoms with Crippen LogP contribution in [0.4, 0.5) is 4.39 Å². The van der Waals surface area contributed by atoms with Crippen LogP contribution in [0.3, 0.4) is 0 Å². The van der Waals surface area contributed by atoms with Crippen LogP contribution in [0.15, 0.2) is 6.07 Å². The summed E-state index contributed by atoms with van der Waals surface area (Å²) < 4.78 is 27.0. The number of carbonyl (C=O) groups is 1. The summed E-state index contributed by atoms with van der Waals surface area (Å²) in [5, 5.41) is 13.7. The van der Waals surface area contributed by atoms with Crippen molar-refractivity contribution in [1.82, 2.24) is 5.32 Å². The maximum Gasteiger partial charge on any atom is 0.337 e. The zero-order valence-corrected chi connectivity index (χ0v) is 20.4. The van der Waals surface area contributed by atoms with Gasteiger partial charge < -0.3 is 19.9 Å². The van der Waals surface area contributed by atoms with Gasteiger partial charge in [0.15, 0.2) is 17.7 Å². The minimum atomic E-state index is -1.16. The molecule has 2 aliphatic rings. The molecule has 33 heavy (non-hydrogen) atoms. The van der Waals surface area contributed by atoms with Gasteiger partial charge in [0.25, 0.3) is 0 Å². The summed E-state index contributed by atoms with van der Waals surface area (Å²) in [6, 6.07) is 1.52. The Morgan fingerprint density at radius 1 is 1.12 bits per heavy atom. The third-order valence-corrected chi connectivity index (χ3v) is 6.83. The molecule has 2 N–H and O–H groups in total. The summed E-state index contributed by atoms with van der Waals surface area (Å²) in [4.78, 5) is 12.5. The molecule has 0 saturated carbocycles. The van der Waals surface area contributed by atoms with E-state index in [4.69, 9.17) is 9.47 Å². The summed E-state index contributed by atoms with van der Waals surface area (Å²) in [5.74, 6) is -1.10. The quantitative estimate of drug-likeness (QED) is 0.652. The van der Waals surface area contributed by atoms with Crippen LogP contribution >= 0.6 is 0 Å². The normalized spacial score (nSPS) is 16.6. The van der Waals surface area contributed by atoms with Crippen LogP contribution in [0.1, 0.15) is 72.2 Å². The fourth-order valence-corrected chi connectivity index (χ4v) is 5.34. The molecule has 1 atom stereocenters. The Hall–Kier alpha value is -2.44. The fraction of sp³-hybridized carbons (Fsp3) is 0.519. The number of benzene rings is 2. The molecule has 1 unspecified atom stereocenters. The van der Waals surface area contributed by atoms with Crippen molar-refractivity contribution < 1.29 is 23.8 Å². The molecule has 5 nitrogen and oxygen atoms in total. The minimum absolute atomic E-state index is 0.332. The zero-order chi connectivity index (χ0) is 24.1. The van der Waals surface area contributed by atoms with Crippen LogP contribution in [0.2, 0.25) is 0 Å². The number of hydrogen-bond acceptors (Lipinski definition) is 4. The molecule has 4 rings (SSSR count). The molecule has 0 bridgehead atoms. The maximum absolute atomic E-state index is 15.2. The van der Waals surface area contributed by atoms with Crippen LogP contribution in [0, 0.1) is 26.6 Å². The molecule has 0 aliphatic carbocycles. The van der Waals surface area contributed by atoms with Gasteiger partial charge in [-0.2, -0.15) is 0 Å². The molecule has 0 radical (unpaired) electrons. The van der Waals surface area contributed by atoms with Crippen molar-refractivity contribution in [2.24, 2.45) is 0 Å². The van der Waals surface area contributed by atoms with Gasteiger partial charge in [-0.05, 0) is 112 Å². The third kappa shape index (κ3) is 4.26. The number of halogens is 1. The van der Waals surface area contributed by atoms with Crippen molar-refractivity contribution in [3.05, 3.63) is 50.8 Å². The predicted octanol–water partition coefficient (Wildman–Crippen LogP) is 5.33. The second-order valence-electron chi connectivity index (χ2n) is 10.2. The van der Waals surface area contributed by atoms with Crippen LogP contribution < -0.4 is 10.1 Å². The lowest BCUT2D eigenvalue weighted by atomic mass is 9.78. The highest BCUT2D eigenvalue weighted by atomic mass is 19.1. The van der Waals surface area contributed by atoms with E-state index in [1.807, 2.05) is 41.5 Å². The smallest absolute Gasteiger partial charge is 0.337 e. The molecule has 2 aromatic carbocycles. The van der Waals surface area contributed by atoms with Crippen molar-refractivity contribution in [3.8, 4) is 16.9 Å². The molecule has 0 aromatic heterocycles. The largest absolute Gasteiger partial charge is 0.490 e. The van der Waals surface area contributed by atoms with Gasteiger partial charge in [-0.15, -0.1) is 0 Å². The lowest BCUT2D eigenvalue weighted by Gasteiger charge is -2.33. The van der Waals surface area contributed by atoms with Gasteiger partial charge in [0.1, 0.15) is 0 Å². The minimum Gasteiger partial charge on any atom is -0.490 e. The highest BCUT2D eigenvalue weighted by Crippen LogP contribution is 2.45. The molecule has 2 aromatic rings. The van der Waals surface area contributed by atoms with Gasteiger partial charge in [-0.1, -0.05) is 0 Å². The van der Waals surface area contributed by atoms with E-state index in [0.717, 1.165) is 59.2 Å². The van der Waals surface area contributed by atoms with E-state index in [1.165, 1.54) is 17.2 Å². The number of hydrogen-bond donors (Lipinski definition) is 2. The number of aliphatic carboxylic acids is 1. The Kier molecular flexibility index (Phi) is 6.27.